The van der Waals surface area contributed by atoms with Gasteiger partial charge in [0.15, 0.2) is 0 Å². The maximum Gasteiger partial charge on any atom is 0.246 e. The highest BCUT2D eigenvalue weighted by Crippen LogP contribution is 2.30. The van der Waals surface area contributed by atoms with Gasteiger partial charge in [-0.2, -0.15) is 5.10 Å². The molecule has 1 aromatic heterocycles. The Balaban J connectivity index is 0.00000261. The number of aryl methyl sites for hydroxylation is 2. The summed E-state index contributed by atoms with van der Waals surface area (Å²) in [5.41, 5.74) is 2.78. The van der Waals surface area contributed by atoms with Crippen molar-refractivity contribution < 1.29 is 13.2 Å². The number of nitrogens with one attached hydrogen (secondary N) is 2. The van der Waals surface area contributed by atoms with Gasteiger partial charge in [0.05, 0.1) is 17.6 Å². The number of hydrogen-bond donors (Lipinski definition) is 2. The van der Waals surface area contributed by atoms with Crippen LogP contribution in [0.15, 0.2) is 30.6 Å². The number of sulfonamides is 1. The number of carbonyl (C=O) groups excluding carboxylic acids is 1. The molecule has 2 heterocycles. The van der Waals surface area contributed by atoms with Crippen molar-refractivity contribution in [1.82, 2.24) is 15.1 Å². The minimum absolute atomic E-state index is 0. The van der Waals surface area contributed by atoms with Crippen molar-refractivity contribution in [1.29, 1.82) is 0 Å². The van der Waals surface area contributed by atoms with Crippen LogP contribution in [0.5, 0.6) is 0 Å². The first-order valence-corrected chi connectivity index (χ1v) is 10.0. The topological polar surface area (TPSA) is 96.3 Å². The van der Waals surface area contributed by atoms with Crippen LogP contribution in [0.4, 0.5) is 11.4 Å². The molecular formula is C17H24ClN5O3S. The molecule has 1 saturated heterocycles. The molecule has 8 nitrogen and oxygen atoms in total. The standard InChI is InChI=1S/C17H23N5O3S.ClH/c1-12-5-6-14(9-15(12)22-7-4-8-26(22,24)25)20-17(23)16(18-2)13-10-19-21(3)11-13;/h5-6,9-11,16,18H,4,7-8H2,1-3H3,(H,20,23);1H. The van der Waals surface area contributed by atoms with Gasteiger partial charge in [-0.25, -0.2) is 8.42 Å². The lowest BCUT2D eigenvalue weighted by atomic mass is 10.1. The summed E-state index contributed by atoms with van der Waals surface area (Å²) in [4.78, 5) is 12.7. The van der Waals surface area contributed by atoms with E-state index in [1.54, 1.807) is 43.3 Å². The Hall–Kier alpha value is -2.10. The monoisotopic (exact) mass is 413 g/mol. The minimum Gasteiger partial charge on any atom is -0.324 e. The quantitative estimate of drug-likeness (QED) is 0.775. The van der Waals surface area contributed by atoms with Gasteiger partial charge in [0.1, 0.15) is 6.04 Å². The maximum absolute atomic E-state index is 12.7. The molecule has 1 unspecified atom stereocenters. The summed E-state index contributed by atoms with van der Waals surface area (Å²) in [5.74, 6) is -0.0779. The van der Waals surface area contributed by atoms with Crippen molar-refractivity contribution in [3.63, 3.8) is 0 Å². The Bertz CT molecular complexity index is 928. The lowest BCUT2D eigenvalue weighted by Crippen LogP contribution is -2.30. The van der Waals surface area contributed by atoms with Gasteiger partial charge in [-0.05, 0) is 38.1 Å². The smallest absolute Gasteiger partial charge is 0.246 e. The van der Waals surface area contributed by atoms with Crippen LogP contribution in [-0.2, 0) is 21.9 Å². The van der Waals surface area contributed by atoms with Crippen molar-refractivity contribution in [3.05, 3.63) is 41.7 Å². The number of likely N-dealkylation sites (N-methyl/N-ethyl adjacent to an activating group) is 1. The molecule has 0 spiro atoms. The summed E-state index contributed by atoms with van der Waals surface area (Å²) in [7, 11) is 0.220. The molecule has 27 heavy (non-hydrogen) atoms. The van der Waals surface area contributed by atoms with E-state index in [0.29, 0.717) is 24.3 Å². The van der Waals surface area contributed by atoms with Gasteiger partial charge in [0.25, 0.3) is 0 Å². The van der Waals surface area contributed by atoms with Gasteiger partial charge in [-0.3, -0.25) is 13.8 Å². The van der Waals surface area contributed by atoms with Gasteiger partial charge in [0, 0.05) is 31.0 Å². The van der Waals surface area contributed by atoms with E-state index < -0.39 is 16.1 Å². The predicted octanol–water partition coefficient (Wildman–Crippen LogP) is 1.59. The van der Waals surface area contributed by atoms with Crippen LogP contribution in [0.25, 0.3) is 0 Å². The van der Waals surface area contributed by atoms with E-state index in [2.05, 4.69) is 15.7 Å². The first kappa shape index (κ1) is 21.2. The predicted molar refractivity (Wildman–Crippen MR) is 108 cm³/mol. The van der Waals surface area contributed by atoms with Crippen LogP contribution in [0, 0.1) is 6.92 Å². The van der Waals surface area contributed by atoms with Gasteiger partial charge in [0.2, 0.25) is 15.9 Å². The molecule has 1 amide bonds. The molecule has 1 fully saturated rings. The SMILES string of the molecule is CNC(C(=O)Nc1ccc(C)c(N2CCCS2(=O)=O)c1)c1cnn(C)c1.Cl. The van der Waals surface area contributed by atoms with E-state index in [1.807, 2.05) is 13.0 Å². The molecule has 1 aromatic carbocycles. The van der Waals surface area contributed by atoms with Crippen LogP contribution in [0.3, 0.4) is 0 Å². The summed E-state index contributed by atoms with van der Waals surface area (Å²) in [5, 5.41) is 9.93. The lowest BCUT2D eigenvalue weighted by Gasteiger charge is -2.21. The molecule has 0 bridgehead atoms. The molecule has 1 aliphatic rings. The summed E-state index contributed by atoms with van der Waals surface area (Å²) in [6.07, 6.45) is 4.03. The van der Waals surface area contributed by atoms with Crippen molar-refractivity contribution in [3.8, 4) is 0 Å². The molecule has 2 aromatic rings. The number of benzene rings is 1. The zero-order valence-corrected chi connectivity index (χ0v) is 17.1. The molecule has 1 aliphatic heterocycles. The first-order chi connectivity index (χ1) is 12.3. The van der Waals surface area contributed by atoms with Crippen molar-refractivity contribution in [2.24, 2.45) is 7.05 Å². The fourth-order valence-corrected chi connectivity index (χ4v) is 4.74. The minimum atomic E-state index is -3.27. The fourth-order valence-electron chi connectivity index (χ4n) is 3.12. The average Bonchev–Trinajstić information content (AvgIpc) is 3.15. The Morgan fingerprint density at radius 2 is 2.07 bits per heavy atom. The molecule has 3 rings (SSSR count). The summed E-state index contributed by atoms with van der Waals surface area (Å²) in [6, 6.07) is 4.75. The zero-order valence-electron chi connectivity index (χ0n) is 15.5. The second-order valence-corrected chi connectivity index (χ2v) is 8.41. The largest absolute Gasteiger partial charge is 0.324 e. The van der Waals surface area contributed by atoms with Crippen LogP contribution < -0.4 is 14.9 Å². The number of aromatic nitrogens is 2. The second-order valence-electron chi connectivity index (χ2n) is 6.40. The third-order valence-electron chi connectivity index (χ3n) is 4.45. The molecule has 0 aliphatic carbocycles. The summed E-state index contributed by atoms with van der Waals surface area (Å²) >= 11 is 0. The van der Waals surface area contributed by atoms with Crippen LogP contribution in [0.2, 0.25) is 0 Å². The summed E-state index contributed by atoms with van der Waals surface area (Å²) in [6.45, 7) is 2.33. The van der Waals surface area contributed by atoms with E-state index in [9.17, 15) is 13.2 Å². The maximum atomic E-state index is 12.7. The van der Waals surface area contributed by atoms with Crippen molar-refractivity contribution in [2.75, 3.05) is 29.0 Å². The van der Waals surface area contributed by atoms with Crippen molar-refractivity contribution in [2.45, 2.75) is 19.4 Å². The molecular weight excluding hydrogens is 390 g/mol. The number of amides is 1. The number of rotatable bonds is 5. The summed E-state index contributed by atoms with van der Waals surface area (Å²) < 4.78 is 27.5. The number of halogens is 1. The fraction of sp³-hybridized carbons (Fsp3) is 0.412. The molecule has 10 heteroatoms. The number of hydrogen-bond acceptors (Lipinski definition) is 5. The second kappa shape index (κ2) is 8.28. The molecule has 1 atom stereocenters. The number of anilines is 2. The Morgan fingerprint density at radius 1 is 1.33 bits per heavy atom. The zero-order chi connectivity index (χ0) is 18.9. The molecule has 0 saturated carbocycles. The van der Waals surface area contributed by atoms with Gasteiger partial charge in [-0.1, -0.05) is 6.07 Å². The van der Waals surface area contributed by atoms with E-state index in [4.69, 9.17) is 0 Å². The normalized spacial score (nSPS) is 16.6. The Kier molecular flexibility index (Phi) is 6.50. The average molecular weight is 414 g/mol. The van der Waals surface area contributed by atoms with Crippen LogP contribution >= 0.6 is 12.4 Å². The first-order valence-electron chi connectivity index (χ1n) is 8.39. The third kappa shape index (κ3) is 4.42. The highest BCUT2D eigenvalue weighted by atomic mass is 35.5. The molecule has 148 valence electrons. The van der Waals surface area contributed by atoms with Gasteiger partial charge >= 0.3 is 0 Å². The van der Waals surface area contributed by atoms with Gasteiger partial charge in [-0.15, -0.1) is 12.4 Å². The third-order valence-corrected chi connectivity index (χ3v) is 6.31. The highest BCUT2D eigenvalue weighted by Gasteiger charge is 2.29. The molecule has 0 radical (unpaired) electrons. The van der Waals surface area contributed by atoms with E-state index in [1.165, 1.54) is 4.31 Å². The van der Waals surface area contributed by atoms with E-state index in [-0.39, 0.29) is 24.1 Å². The number of nitrogens with zero attached hydrogens (tertiary/aromatic N) is 3. The van der Waals surface area contributed by atoms with E-state index >= 15 is 0 Å². The van der Waals surface area contributed by atoms with Crippen LogP contribution in [-0.4, -0.2) is 43.5 Å². The van der Waals surface area contributed by atoms with E-state index in [0.717, 1.165) is 11.1 Å². The lowest BCUT2D eigenvalue weighted by molar-refractivity contribution is -0.118. The Morgan fingerprint density at radius 3 is 2.63 bits per heavy atom. The highest BCUT2D eigenvalue weighted by molar-refractivity contribution is 7.93. The van der Waals surface area contributed by atoms with Crippen molar-refractivity contribution >= 4 is 39.7 Å². The van der Waals surface area contributed by atoms with Gasteiger partial charge < -0.3 is 10.6 Å². The van der Waals surface area contributed by atoms with Crippen LogP contribution in [0.1, 0.15) is 23.6 Å². The number of carbonyl (C=O) groups is 1. The Labute approximate surface area is 165 Å². The molecule has 2 N–H and O–H groups in total.